The number of benzene rings is 2. The summed E-state index contributed by atoms with van der Waals surface area (Å²) in [5.41, 5.74) is 2.58. The van der Waals surface area contributed by atoms with Gasteiger partial charge in [-0.25, -0.2) is 0 Å². The van der Waals surface area contributed by atoms with E-state index in [1.165, 1.54) is 0 Å². The topological polar surface area (TPSA) is 34.1 Å². The molecule has 1 heterocycles. The van der Waals surface area contributed by atoms with Crippen LogP contribution in [0, 0.1) is 0 Å². The average Bonchev–Trinajstić information content (AvgIpc) is 2.54. The molecule has 100 valence electrons. The molecule has 0 bridgehead atoms. The maximum absolute atomic E-state index is 12.3. The van der Waals surface area contributed by atoms with Gasteiger partial charge in [-0.2, -0.15) is 0 Å². The first-order valence-corrected chi connectivity index (χ1v) is 7.43. The minimum absolute atomic E-state index is 0.112. The van der Waals surface area contributed by atoms with Crippen molar-refractivity contribution in [3.05, 3.63) is 59.2 Å². The van der Waals surface area contributed by atoms with Crippen molar-refractivity contribution < 1.29 is 9.59 Å². The van der Waals surface area contributed by atoms with E-state index in [0.717, 1.165) is 26.5 Å². The molecule has 0 saturated carbocycles. The summed E-state index contributed by atoms with van der Waals surface area (Å²) >= 11 is 7.01. The van der Waals surface area contributed by atoms with Crippen LogP contribution >= 0.6 is 23.4 Å². The Bertz CT molecular complexity index is 709. The van der Waals surface area contributed by atoms with Gasteiger partial charge in [0.15, 0.2) is 5.78 Å². The van der Waals surface area contributed by atoms with Gasteiger partial charge in [0.25, 0.3) is 0 Å². The maximum atomic E-state index is 12.3. The molecular weight excluding hydrogens is 292 g/mol. The zero-order chi connectivity index (χ0) is 14.1. The van der Waals surface area contributed by atoms with Crippen LogP contribution in [0.1, 0.15) is 21.5 Å². The first-order valence-electron chi connectivity index (χ1n) is 6.24. The largest absolute Gasteiger partial charge is 0.294 e. The zero-order valence-electron chi connectivity index (χ0n) is 10.6. The Morgan fingerprint density at radius 1 is 1.15 bits per heavy atom. The fourth-order valence-electron chi connectivity index (χ4n) is 2.31. The van der Waals surface area contributed by atoms with Gasteiger partial charge in [-0.1, -0.05) is 42.1 Å². The van der Waals surface area contributed by atoms with E-state index in [1.54, 1.807) is 11.8 Å². The molecule has 0 aromatic heterocycles. The Labute approximate surface area is 126 Å². The van der Waals surface area contributed by atoms with Crippen molar-refractivity contribution in [2.24, 2.45) is 0 Å². The SMILES string of the molecule is O=C(Cl)Cc1ccc2c(c1)CC(=O)c1ccccc1S2. The van der Waals surface area contributed by atoms with Gasteiger partial charge in [-0.15, -0.1) is 0 Å². The quantitative estimate of drug-likeness (QED) is 0.789. The second kappa shape index (κ2) is 5.43. The molecular formula is C16H11ClO2S. The van der Waals surface area contributed by atoms with E-state index < -0.39 is 0 Å². The second-order valence-electron chi connectivity index (χ2n) is 4.67. The average molecular weight is 303 g/mol. The molecule has 3 rings (SSSR count). The van der Waals surface area contributed by atoms with Crippen LogP contribution in [-0.4, -0.2) is 11.0 Å². The summed E-state index contributed by atoms with van der Waals surface area (Å²) in [4.78, 5) is 25.3. The standard InChI is InChI=1S/C16H11ClO2S/c17-16(19)8-10-5-6-14-11(7-10)9-13(18)12-3-1-2-4-15(12)20-14/h1-7H,8-9H2. The Morgan fingerprint density at radius 2 is 1.95 bits per heavy atom. The smallest absolute Gasteiger partial charge is 0.226 e. The molecule has 0 N–H and O–H groups in total. The molecule has 2 aromatic rings. The number of fused-ring (bicyclic) bond motifs is 2. The lowest BCUT2D eigenvalue weighted by Crippen LogP contribution is -2.04. The summed E-state index contributed by atoms with van der Waals surface area (Å²) < 4.78 is 0. The van der Waals surface area contributed by atoms with Crippen LogP contribution < -0.4 is 0 Å². The molecule has 0 atom stereocenters. The van der Waals surface area contributed by atoms with E-state index in [9.17, 15) is 9.59 Å². The Balaban J connectivity index is 2.02. The summed E-state index contributed by atoms with van der Waals surface area (Å²) in [5.74, 6) is 0.112. The van der Waals surface area contributed by atoms with Crippen molar-refractivity contribution in [3.63, 3.8) is 0 Å². The summed E-state index contributed by atoms with van der Waals surface area (Å²) in [6, 6.07) is 13.4. The van der Waals surface area contributed by atoms with Crippen molar-refractivity contribution in [1.82, 2.24) is 0 Å². The van der Waals surface area contributed by atoms with E-state index in [-0.39, 0.29) is 17.4 Å². The van der Waals surface area contributed by atoms with Gasteiger partial charge in [0, 0.05) is 28.2 Å². The number of ketones is 1. The highest BCUT2D eigenvalue weighted by Crippen LogP contribution is 2.37. The molecule has 1 aliphatic heterocycles. The number of carbonyl (C=O) groups excluding carboxylic acids is 2. The predicted molar refractivity (Wildman–Crippen MR) is 79.6 cm³/mol. The molecule has 0 spiro atoms. The Kier molecular flexibility index (Phi) is 3.64. The van der Waals surface area contributed by atoms with Crippen LogP contribution in [0.15, 0.2) is 52.3 Å². The first-order chi connectivity index (χ1) is 9.63. The van der Waals surface area contributed by atoms with Crippen LogP contribution in [0.4, 0.5) is 0 Å². The van der Waals surface area contributed by atoms with Crippen LogP contribution in [-0.2, 0) is 17.6 Å². The van der Waals surface area contributed by atoms with Crippen molar-refractivity contribution in [3.8, 4) is 0 Å². The van der Waals surface area contributed by atoms with E-state index in [4.69, 9.17) is 11.6 Å². The Hall–Kier alpha value is -1.58. The van der Waals surface area contributed by atoms with Crippen LogP contribution in [0.2, 0.25) is 0 Å². The highest BCUT2D eigenvalue weighted by Gasteiger charge is 2.20. The number of hydrogen-bond donors (Lipinski definition) is 0. The van der Waals surface area contributed by atoms with Crippen LogP contribution in [0.25, 0.3) is 0 Å². The zero-order valence-corrected chi connectivity index (χ0v) is 12.1. The first kappa shape index (κ1) is 13.4. The molecule has 4 heteroatoms. The van der Waals surface area contributed by atoms with Crippen LogP contribution in [0.5, 0.6) is 0 Å². The van der Waals surface area contributed by atoms with Gasteiger partial charge in [0.05, 0.1) is 0 Å². The number of hydrogen-bond acceptors (Lipinski definition) is 3. The fraction of sp³-hybridized carbons (Fsp3) is 0.125. The predicted octanol–water partition coefficient (Wildman–Crippen LogP) is 3.88. The summed E-state index contributed by atoms with van der Waals surface area (Å²) in [6.07, 6.45) is 0.560. The summed E-state index contributed by atoms with van der Waals surface area (Å²) in [7, 11) is 0. The van der Waals surface area contributed by atoms with Crippen molar-refractivity contribution >= 4 is 34.4 Å². The van der Waals surface area contributed by atoms with E-state index in [1.807, 2.05) is 42.5 Å². The van der Waals surface area contributed by atoms with Crippen molar-refractivity contribution in [2.45, 2.75) is 22.6 Å². The minimum Gasteiger partial charge on any atom is -0.294 e. The normalized spacial score (nSPS) is 13.3. The van der Waals surface area contributed by atoms with Crippen LogP contribution in [0.3, 0.4) is 0 Å². The highest BCUT2D eigenvalue weighted by molar-refractivity contribution is 7.99. The second-order valence-corrected chi connectivity index (χ2v) is 6.18. The number of rotatable bonds is 2. The van der Waals surface area contributed by atoms with Gasteiger partial charge in [-0.3, -0.25) is 9.59 Å². The maximum Gasteiger partial charge on any atom is 0.226 e. The van der Waals surface area contributed by atoms with E-state index >= 15 is 0 Å². The van der Waals surface area contributed by atoms with Gasteiger partial charge in [-0.05, 0) is 34.9 Å². The fourth-order valence-corrected chi connectivity index (χ4v) is 3.54. The third-order valence-corrected chi connectivity index (χ3v) is 4.55. The monoisotopic (exact) mass is 302 g/mol. The lowest BCUT2D eigenvalue weighted by molar-refractivity contribution is -0.111. The number of carbonyl (C=O) groups is 2. The molecule has 0 aliphatic carbocycles. The van der Waals surface area contributed by atoms with Gasteiger partial charge in [0.1, 0.15) is 0 Å². The van der Waals surface area contributed by atoms with Crippen molar-refractivity contribution in [2.75, 3.05) is 0 Å². The third-order valence-electron chi connectivity index (χ3n) is 3.23. The van der Waals surface area contributed by atoms with Crippen molar-refractivity contribution in [1.29, 1.82) is 0 Å². The van der Waals surface area contributed by atoms with E-state index in [2.05, 4.69) is 0 Å². The third kappa shape index (κ3) is 2.65. The molecule has 2 nitrogen and oxygen atoms in total. The Morgan fingerprint density at radius 3 is 2.75 bits per heavy atom. The number of halogens is 1. The molecule has 20 heavy (non-hydrogen) atoms. The molecule has 0 amide bonds. The lowest BCUT2D eigenvalue weighted by atomic mass is 10.0. The molecule has 0 saturated heterocycles. The van der Waals surface area contributed by atoms with Gasteiger partial charge >= 0.3 is 0 Å². The van der Waals surface area contributed by atoms with Gasteiger partial charge in [0.2, 0.25) is 5.24 Å². The molecule has 0 radical (unpaired) electrons. The molecule has 0 fully saturated rings. The summed E-state index contributed by atoms with van der Waals surface area (Å²) in [5, 5.41) is -0.388. The van der Waals surface area contributed by atoms with Gasteiger partial charge < -0.3 is 0 Å². The highest BCUT2D eigenvalue weighted by atomic mass is 35.5. The summed E-state index contributed by atoms with van der Waals surface area (Å²) in [6.45, 7) is 0. The molecule has 1 aliphatic rings. The number of Topliss-reactive ketones (excluding diaryl/α,β-unsaturated/α-hetero) is 1. The molecule has 0 unspecified atom stereocenters. The molecule has 2 aromatic carbocycles. The van der Waals surface area contributed by atoms with E-state index in [0.29, 0.717) is 6.42 Å². The minimum atomic E-state index is -0.388. The lowest BCUT2D eigenvalue weighted by Gasteiger charge is -2.06.